The number of benzene rings is 2. The highest BCUT2D eigenvalue weighted by Crippen LogP contribution is 2.30. The van der Waals surface area contributed by atoms with E-state index in [1.807, 2.05) is 0 Å². The third-order valence-electron chi connectivity index (χ3n) is 5.23. The molecule has 2 aromatic rings. The molecule has 13 heteroatoms. The lowest BCUT2D eigenvalue weighted by atomic mass is 9.98. The number of nitrogens with zero attached hydrogens (tertiary/aromatic N) is 1. The molecule has 1 heterocycles. The van der Waals surface area contributed by atoms with Crippen LogP contribution in [-0.2, 0) is 20.9 Å². The van der Waals surface area contributed by atoms with Crippen LogP contribution in [0.2, 0.25) is 5.02 Å². The first-order valence-corrected chi connectivity index (χ1v) is 11.1. The summed E-state index contributed by atoms with van der Waals surface area (Å²) in [5.41, 5.74) is 4.97. The third kappa shape index (κ3) is 7.81. The van der Waals surface area contributed by atoms with Crippen LogP contribution in [0, 0.1) is 11.6 Å². The minimum atomic E-state index is -3.14. The molecule has 1 aliphatic rings. The van der Waals surface area contributed by atoms with E-state index in [0.717, 1.165) is 29.2 Å². The maximum Gasteiger partial charge on any atom is 0.387 e. The van der Waals surface area contributed by atoms with Gasteiger partial charge < -0.3 is 30.5 Å². The zero-order chi connectivity index (χ0) is 27.9. The number of nitrogens with two attached hydrogens (primary N) is 1. The van der Waals surface area contributed by atoms with E-state index in [9.17, 15) is 32.3 Å². The van der Waals surface area contributed by atoms with Crippen LogP contribution in [0.5, 0.6) is 5.75 Å². The molecule has 1 saturated heterocycles. The number of carbonyl (C=O) groups is 2. The minimum Gasteiger partial charge on any atom is -0.435 e. The van der Waals surface area contributed by atoms with E-state index < -0.39 is 54.3 Å². The smallest absolute Gasteiger partial charge is 0.387 e. The van der Waals surface area contributed by atoms with Crippen LogP contribution in [-0.4, -0.2) is 55.2 Å². The summed E-state index contributed by atoms with van der Waals surface area (Å²) in [6.07, 6.45) is -1.56. The Hall–Kier alpha value is -3.35. The summed E-state index contributed by atoms with van der Waals surface area (Å²) in [5.74, 6) is -3.77. The van der Waals surface area contributed by atoms with Crippen molar-refractivity contribution in [1.29, 1.82) is 0 Å². The Labute approximate surface area is 215 Å². The van der Waals surface area contributed by atoms with E-state index in [1.54, 1.807) is 14.2 Å². The first kappa shape index (κ1) is 29.9. The second-order valence-corrected chi connectivity index (χ2v) is 8.34. The first-order chi connectivity index (χ1) is 17.4. The van der Waals surface area contributed by atoms with Crippen LogP contribution < -0.4 is 15.8 Å². The van der Waals surface area contributed by atoms with E-state index in [0.29, 0.717) is 0 Å². The number of halogens is 5. The number of ether oxygens (including phenoxy) is 2. The Bertz CT molecular complexity index is 1130. The largest absolute Gasteiger partial charge is 0.435 e. The van der Waals surface area contributed by atoms with Gasteiger partial charge in [0.1, 0.15) is 23.4 Å². The Morgan fingerprint density at radius 1 is 1.22 bits per heavy atom. The zero-order valence-electron chi connectivity index (χ0n) is 19.9. The molecule has 0 saturated carbocycles. The molecule has 0 bridgehead atoms. The Morgan fingerprint density at radius 3 is 2.30 bits per heavy atom. The number of likely N-dealkylation sites (tertiary alicyclic amines) is 1. The van der Waals surface area contributed by atoms with Crippen LogP contribution in [0.15, 0.2) is 36.9 Å². The first-order valence-electron chi connectivity index (χ1n) is 10.7. The van der Waals surface area contributed by atoms with Gasteiger partial charge in [0.15, 0.2) is 6.10 Å². The lowest BCUT2D eigenvalue weighted by Crippen LogP contribution is -2.59. The van der Waals surface area contributed by atoms with E-state index in [-0.39, 0.29) is 40.6 Å². The Kier molecular flexibility index (Phi) is 10.7. The van der Waals surface area contributed by atoms with Gasteiger partial charge in [0.05, 0.1) is 0 Å². The van der Waals surface area contributed by atoms with Gasteiger partial charge in [-0.05, 0) is 42.3 Å². The molecule has 202 valence electrons. The number of amides is 2. The van der Waals surface area contributed by atoms with Crippen LogP contribution in [0.3, 0.4) is 0 Å². The summed E-state index contributed by atoms with van der Waals surface area (Å²) < 4.78 is 61.9. The van der Waals surface area contributed by atoms with Gasteiger partial charge >= 0.3 is 6.61 Å². The highest BCUT2D eigenvalue weighted by Gasteiger charge is 2.40. The molecule has 1 unspecified atom stereocenters. The van der Waals surface area contributed by atoms with E-state index in [4.69, 9.17) is 17.3 Å². The molecule has 3 rings (SSSR count). The summed E-state index contributed by atoms with van der Waals surface area (Å²) in [6.45, 7) is -0.0896. The number of aliphatic hydroxyl groups excluding tert-OH is 1. The summed E-state index contributed by atoms with van der Waals surface area (Å²) in [6, 6.07) is 4.29. The van der Waals surface area contributed by atoms with Crippen molar-refractivity contribution in [1.82, 2.24) is 10.2 Å². The number of nitrogens with one attached hydrogen (secondary N) is 1. The quantitative estimate of drug-likeness (QED) is 0.437. The van der Waals surface area contributed by atoms with Gasteiger partial charge in [0.2, 0.25) is 5.91 Å². The SMILES string of the molecule is C=C(N)c1cc(F)c(CNC(=O)[C@@H]2CCN2C(=O)C(O)c2cc(Cl)cc(OC(F)F)c2)c(F)c1.COC. The topological polar surface area (TPSA) is 114 Å². The summed E-state index contributed by atoms with van der Waals surface area (Å²) in [7, 11) is 3.25. The second kappa shape index (κ2) is 13.3. The fraction of sp³-hybridized carbons (Fsp3) is 0.333. The van der Waals surface area contributed by atoms with Crippen molar-refractivity contribution >= 4 is 29.1 Å². The van der Waals surface area contributed by atoms with Crippen molar-refractivity contribution in [2.24, 2.45) is 5.73 Å². The molecule has 0 spiro atoms. The number of methoxy groups -OCH3 is 1. The maximum absolute atomic E-state index is 14.2. The Balaban J connectivity index is 0.00000153. The van der Waals surface area contributed by atoms with Gasteiger partial charge in [-0.25, -0.2) is 8.78 Å². The predicted molar refractivity (Wildman–Crippen MR) is 128 cm³/mol. The molecule has 2 amide bonds. The fourth-order valence-electron chi connectivity index (χ4n) is 3.39. The molecule has 2 aromatic carbocycles. The predicted octanol–water partition coefficient (Wildman–Crippen LogP) is 3.36. The summed E-state index contributed by atoms with van der Waals surface area (Å²) >= 11 is 5.84. The molecule has 8 nitrogen and oxygen atoms in total. The van der Waals surface area contributed by atoms with Gasteiger partial charge in [-0.3, -0.25) is 9.59 Å². The number of hydrogen-bond donors (Lipinski definition) is 3. The highest BCUT2D eigenvalue weighted by molar-refractivity contribution is 6.30. The third-order valence-corrected chi connectivity index (χ3v) is 5.44. The number of carbonyl (C=O) groups excluding carboxylic acids is 2. The summed E-state index contributed by atoms with van der Waals surface area (Å²) in [5, 5.41) is 12.7. The van der Waals surface area contributed by atoms with Crippen molar-refractivity contribution in [3.63, 3.8) is 0 Å². The minimum absolute atomic E-state index is 0.0249. The van der Waals surface area contributed by atoms with E-state index in [2.05, 4.69) is 21.4 Å². The number of aliphatic hydroxyl groups is 1. The van der Waals surface area contributed by atoms with Crippen molar-refractivity contribution in [2.45, 2.75) is 31.7 Å². The lowest BCUT2D eigenvalue weighted by Gasteiger charge is -2.40. The molecular weight excluding hydrogens is 522 g/mol. The van der Waals surface area contributed by atoms with Gasteiger partial charge in [0, 0.05) is 49.2 Å². The summed E-state index contributed by atoms with van der Waals surface area (Å²) in [4.78, 5) is 26.3. The molecule has 37 heavy (non-hydrogen) atoms. The molecule has 0 aliphatic carbocycles. The van der Waals surface area contributed by atoms with Crippen LogP contribution in [0.25, 0.3) is 5.70 Å². The molecule has 4 N–H and O–H groups in total. The van der Waals surface area contributed by atoms with Crippen LogP contribution >= 0.6 is 11.6 Å². The van der Waals surface area contributed by atoms with Crippen molar-refractivity contribution in [3.8, 4) is 5.75 Å². The standard InChI is InChI=1S/C22H20ClF4N3O4.C2H6O/c1-10(28)11-6-16(24)15(17(25)7-11)9-29-20(32)18-2-3-30(18)21(33)19(31)12-4-13(23)8-14(5-12)34-22(26)27;1-3-2/h4-8,18-19,22,31H,1-3,9,28H2,(H,29,32);1-2H3/t18-,19?;/m0./s1. The molecule has 1 fully saturated rings. The maximum atomic E-state index is 14.2. The van der Waals surface area contributed by atoms with E-state index in [1.165, 1.54) is 6.07 Å². The second-order valence-electron chi connectivity index (χ2n) is 7.91. The van der Waals surface area contributed by atoms with Gasteiger partial charge in [0.25, 0.3) is 5.91 Å². The van der Waals surface area contributed by atoms with Gasteiger partial charge in [-0.15, -0.1) is 0 Å². The van der Waals surface area contributed by atoms with Gasteiger partial charge in [-0.2, -0.15) is 8.78 Å². The monoisotopic (exact) mass is 547 g/mol. The van der Waals surface area contributed by atoms with Crippen molar-refractivity contribution in [2.75, 3.05) is 20.8 Å². The normalized spacial score (nSPS) is 15.3. The molecule has 2 atom stereocenters. The molecular formula is C24H26ClF4N3O5. The zero-order valence-corrected chi connectivity index (χ0v) is 20.7. The van der Waals surface area contributed by atoms with Crippen molar-refractivity contribution in [3.05, 3.63) is 70.3 Å². The average molecular weight is 548 g/mol. The van der Waals surface area contributed by atoms with Crippen LogP contribution in [0.4, 0.5) is 17.6 Å². The lowest BCUT2D eigenvalue weighted by molar-refractivity contribution is -0.154. The highest BCUT2D eigenvalue weighted by atomic mass is 35.5. The fourth-order valence-corrected chi connectivity index (χ4v) is 3.62. The number of rotatable bonds is 8. The Morgan fingerprint density at radius 2 is 1.81 bits per heavy atom. The number of alkyl halides is 2. The average Bonchev–Trinajstić information content (AvgIpc) is 2.76. The van der Waals surface area contributed by atoms with Crippen LogP contribution in [0.1, 0.15) is 29.2 Å². The molecule has 1 aliphatic heterocycles. The molecule has 0 radical (unpaired) electrons. The molecule has 0 aromatic heterocycles. The van der Waals surface area contributed by atoms with E-state index >= 15 is 0 Å². The van der Waals surface area contributed by atoms with Crippen molar-refractivity contribution < 1.29 is 41.7 Å². The number of hydrogen-bond acceptors (Lipinski definition) is 6. The van der Waals surface area contributed by atoms with Gasteiger partial charge in [-0.1, -0.05) is 18.2 Å².